The number of rotatable bonds is 5. The van der Waals surface area contributed by atoms with Crippen LogP contribution >= 0.6 is 0 Å². The minimum Gasteiger partial charge on any atom is -0.456 e. The maximum Gasteiger partial charge on any atom is 0.164 e. The van der Waals surface area contributed by atoms with Crippen molar-refractivity contribution in [1.29, 1.82) is 0 Å². The molecule has 4 nitrogen and oxygen atoms in total. The van der Waals surface area contributed by atoms with E-state index >= 15 is 0 Å². The zero-order valence-electron chi connectivity index (χ0n) is 28.8. The SMILES string of the molecule is CC1(C)c2ccc(-c3ccc(-c4cccc(-c5nc(-c6ccccc6)nc(-c6ccccc6)n5)c4)cc3)cc2-c2ccc3oc4ccccc4c3c21. The van der Waals surface area contributed by atoms with Gasteiger partial charge in [-0.15, -0.1) is 0 Å². The molecule has 2 aromatic heterocycles. The molecule has 1 aliphatic carbocycles. The Hall–Kier alpha value is -6.65. The first-order valence-corrected chi connectivity index (χ1v) is 17.7. The van der Waals surface area contributed by atoms with E-state index < -0.39 is 0 Å². The first-order valence-electron chi connectivity index (χ1n) is 17.7. The molecule has 0 radical (unpaired) electrons. The molecule has 7 aromatic carbocycles. The molecule has 0 bridgehead atoms. The third kappa shape index (κ3) is 4.87. The fraction of sp³-hybridized carbons (Fsp3) is 0.0625. The van der Waals surface area contributed by atoms with Gasteiger partial charge >= 0.3 is 0 Å². The van der Waals surface area contributed by atoms with Gasteiger partial charge in [0.25, 0.3) is 0 Å². The molecule has 0 saturated carbocycles. The van der Waals surface area contributed by atoms with Crippen molar-refractivity contribution in [2.75, 3.05) is 0 Å². The van der Waals surface area contributed by atoms with Gasteiger partial charge in [-0.1, -0.05) is 153 Å². The molecule has 0 saturated heterocycles. The van der Waals surface area contributed by atoms with Crippen LogP contribution in [0.25, 0.3) is 89.5 Å². The summed E-state index contributed by atoms with van der Waals surface area (Å²) in [5, 5.41) is 2.41. The van der Waals surface area contributed by atoms with E-state index in [1.54, 1.807) is 0 Å². The summed E-state index contributed by atoms with van der Waals surface area (Å²) in [5.74, 6) is 1.96. The van der Waals surface area contributed by atoms with Crippen LogP contribution in [0.4, 0.5) is 0 Å². The van der Waals surface area contributed by atoms with Crippen molar-refractivity contribution in [3.63, 3.8) is 0 Å². The summed E-state index contributed by atoms with van der Waals surface area (Å²) in [6.45, 7) is 4.67. The highest BCUT2D eigenvalue weighted by atomic mass is 16.3. The Morgan fingerprint density at radius 2 is 0.942 bits per heavy atom. The Labute approximate surface area is 302 Å². The van der Waals surface area contributed by atoms with Gasteiger partial charge in [0.1, 0.15) is 11.2 Å². The fourth-order valence-electron chi connectivity index (χ4n) is 7.95. The van der Waals surface area contributed by atoms with Crippen LogP contribution in [0, 0.1) is 0 Å². The predicted octanol–water partition coefficient (Wildman–Crippen LogP) is 12.4. The maximum atomic E-state index is 6.28. The number of fused-ring (bicyclic) bond motifs is 7. The molecule has 9 aromatic rings. The molecule has 0 amide bonds. The van der Waals surface area contributed by atoms with Crippen molar-refractivity contribution >= 4 is 21.9 Å². The fourth-order valence-corrected chi connectivity index (χ4v) is 7.95. The lowest BCUT2D eigenvalue weighted by Crippen LogP contribution is -2.15. The van der Waals surface area contributed by atoms with E-state index in [1.807, 2.05) is 66.7 Å². The number of aromatic nitrogens is 3. The van der Waals surface area contributed by atoms with Gasteiger partial charge in [0.2, 0.25) is 0 Å². The van der Waals surface area contributed by atoms with Crippen LogP contribution < -0.4 is 0 Å². The molecule has 0 spiro atoms. The average Bonchev–Trinajstić information content (AvgIpc) is 3.70. The molecule has 0 atom stereocenters. The third-order valence-corrected chi connectivity index (χ3v) is 10.5. The topological polar surface area (TPSA) is 51.8 Å². The summed E-state index contributed by atoms with van der Waals surface area (Å²) in [4.78, 5) is 14.7. The van der Waals surface area contributed by atoms with Crippen molar-refractivity contribution in [3.8, 4) is 67.5 Å². The number of para-hydroxylation sites is 1. The lowest BCUT2D eigenvalue weighted by molar-refractivity contribution is 0.657. The standard InChI is InChI=1S/C48H33N3O/c1-48(2)40-26-24-35(29-39(40)37-25-27-42-43(44(37)48)38-18-9-10-19-41(38)52-42)31-22-20-30(21-23-31)34-16-11-17-36(28-34)47-50-45(32-12-5-3-6-13-32)49-46(51-47)33-14-7-4-8-15-33/h3-29H,1-2H3. The maximum absolute atomic E-state index is 6.28. The van der Waals surface area contributed by atoms with Crippen molar-refractivity contribution in [2.24, 2.45) is 0 Å². The summed E-state index contributed by atoms with van der Waals surface area (Å²) < 4.78 is 6.28. The summed E-state index contributed by atoms with van der Waals surface area (Å²) in [5.41, 5.74) is 14.5. The molecule has 0 N–H and O–H groups in total. The van der Waals surface area contributed by atoms with Crippen LogP contribution in [0.2, 0.25) is 0 Å². The highest BCUT2D eigenvalue weighted by Crippen LogP contribution is 2.53. The highest BCUT2D eigenvalue weighted by molar-refractivity contribution is 6.11. The molecule has 2 heterocycles. The lowest BCUT2D eigenvalue weighted by Gasteiger charge is -2.22. The number of hydrogen-bond donors (Lipinski definition) is 0. The minimum absolute atomic E-state index is 0.146. The first-order chi connectivity index (χ1) is 25.5. The third-order valence-electron chi connectivity index (χ3n) is 10.5. The number of hydrogen-bond acceptors (Lipinski definition) is 4. The molecule has 0 fully saturated rings. The van der Waals surface area contributed by atoms with Gasteiger partial charge < -0.3 is 4.42 Å². The van der Waals surface area contributed by atoms with Crippen LogP contribution in [0.15, 0.2) is 168 Å². The minimum atomic E-state index is -0.146. The second kappa shape index (κ2) is 11.7. The predicted molar refractivity (Wildman–Crippen MR) is 212 cm³/mol. The zero-order valence-corrected chi connectivity index (χ0v) is 28.8. The molecule has 0 aliphatic heterocycles. The van der Waals surface area contributed by atoms with Gasteiger partial charge in [0, 0.05) is 32.9 Å². The Bertz CT molecular complexity index is 2740. The van der Waals surface area contributed by atoms with Gasteiger partial charge in [-0.25, -0.2) is 15.0 Å². The van der Waals surface area contributed by atoms with E-state index in [9.17, 15) is 0 Å². The summed E-state index contributed by atoms with van der Waals surface area (Å²) in [6, 6.07) is 57.2. The normalized spacial score (nSPS) is 13.0. The molecular formula is C48H33N3O. The Morgan fingerprint density at radius 1 is 0.404 bits per heavy atom. The van der Waals surface area contributed by atoms with Crippen molar-refractivity contribution in [1.82, 2.24) is 15.0 Å². The number of nitrogens with zero attached hydrogens (tertiary/aromatic N) is 3. The van der Waals surface area contributed by atoms with E-state index in [4.69, 9.17) is 19.4 Å². The molecule has 246 valence electrons. The van der Waals surface area contributed by atoms with Crippen molar-refractivity contribution in [3.05, 3.63) is 175 Å². The van der Waals surface area contributed by atoms with E-state index in [1.165, 1.54) is 44.2 Å². The second-order valence-electron chi connectivity index (χ2n) is 14.0. The van der Waals surface area contributed by atoms with Gasteiger partial charge in [0.15, 0.2) is 17.5 Å². The first kappa shape index (κ1) is 30.2. The van der Waals surface area contributed by atoms with E-state index in [-0.39, 0.29) is 5.41 Å². The van der Waals surface area contributed by atoms with Crippen molar-refractivity contribution < 1.29 is 4.42 Å². The van der Waals surface area contributed by atoms with E-state index in [2.05, 4.69) is 111 Å². The highest BCUT2D eigenvalue weighted by Gasteiger charge is 2.38. The van der Waals surface area contributed by atoms with E-state index in [0.717, 1.165) is 39.0 Å². The molecule has 0 unspecified atom stereocenters. The Balaban J connectivity index is 1.00. The van der Waals surface area contributed by atoms with Crippen LogP contribution in [0.5, 0.6) is 0 Å². The molecule has 52 heavy (non-hydrogen) atoms. The second-order valence-corrected chi connectivity index (χ2v) is 14.0. The summed E-state index contributed by atoms with van der Waals surface area (Å²) in [7, 11) is 0. The average molecular weight is 668 g/mol. The van der Waals surface area contributed by atoms with Gasteiger partial charge in [-0.3, -0.25) is 0 Å². The Kier molecular flexibility index (Phi) is 6.80. The number of benzene rings is 7. The van der Waals surface area contributed by atoms with Gasteiger partial charge in [-0.2, -0.15) is 0 Å². The van der Waals surface area contributed by atoms with Gasteiger partial charge in [0.05, 0.1) is 0 Å². The lowest BCUT2D eigenvalue weighted by atomic mass is 9.80. The zero-order chi connectivity index (χ0) is 34.8. The van der Waals surface area contributed by atoms with Gasteiger partial charge in [-0.05, 0) is 68.8 Å². The number of furan rings is 1. The smallest absolute Gasteiger partial charge is 0.164 e. The van der Waals surface area contributed by atoms with Crippen LogP contribution in [-0.4, -0.2) is 15.0 Å². The van der Waals surface area contributed by atoms with E-state index in [0.29, 0.717) is 17.5 Å². The van der Waals surface area contributed by atoms with Crippen molar-refractivity contribution in [2.45, 2.75) is 19.3 Å². The van der Waals surface area contributed by atoms with Crippen LogP contribution in [0.1, 0.15) is 25.0 Å². The monoisotopic (exact) mass is 667 g/mol. The Morgan fingerprint density at radius 3 is 1.62 bits per heavy atom. The van der Waals surface area contributed by atoms with Crippen LogP contribution in [-0.2, 0) is 5.41 Å². The largest absolute Gasteiger partial charge is 0.456 e. The summed E-state index contributed by atoms with van der Waals surface area (Å²) in [6.07, 6.45) is 0. The van der Waals surface area contributed by atoms with Crippen LogP contribution in [0.3, 0.4) is 0 Å². The molecule has 4 heteroatoms. The molecule has 10 rings (SSSR count). The molecule has 1 aliphatic rings. The summed E-state index contributed by atoms with van der Waals surface area (Å²) >= 11 is 0. The quantitative estimate of drug-likeness (QED) is 0.183. The molecular weight excluding hydrogens is 635 g/mol.